The summed E-state index contributed by atoms with van der Waals surface area (Å²) in [6.07, 6.45) is 0.949. The van der Waals surface area contributed by atoms with E-state index in [4.69, 9.17) is 4.74 Å². The molecule has 0 saturated heterocycles. The van der Waals surface area contributed by atoms with E-state index in [1.807, 2.05) is 49.5 Å². The van der Waals surface area contributed by atoms with Gasteiger partial charge < -0.3 is 9.64 Å². The summed E-state index contributed by atoms with van der Waals surface area (Å²) >= 11 is 3.44. The number of likely N-dealkylation sites (N-methyl/N-ethyl adjacent to an activating group) is 1. The van der Waals surface area contributed by atoms with Crippen LogP contribution in [0.15, 0.2) is 59.1 Å². The van der Waals surface area contributed by atoms with Gasteiger partial charge in [0.25, 0.3) is 0 Å². The van der Waals surface area contributed by atoms with Gasteiger partial charge in [-0.3, -0.25) is 4.79 Å². The zero-order chi connectivity index (χ0) is 16.2. The molecule has 0 bridgehead atoms. The maximum Gasteiger partial charge on any atom is 0.226 e. The number of nitrogens with zero attached hydrogens (tertiary/aromatic N) is 1. The van der Waals surface area contributed by atoms with E-state index >= 15 is 0 Å². The smallest absolute Gasteiger partial charge is 0.226 e. The lowest BCUT2D eigenvalue weighted by molar-refractivity contribution is -0.131. The zero-order valence-electron chi connectivity index (χ0n) is 13.1. The molecule has 1 amide bonds. The molecule has 2 unspecified atom stereocenters. The number of para-hydroxylation sites is 1. The van der Waals surface area contributed by atoms with Crippen molar-refractivity contribution in [3.8, 4) is 5.75 Å². The van der Waals surface area contributed by atoms with Crippen LogP contribution in [0.2, 0.25) is 0 Å². The van der Waals surface area contributed by atoms with Crippen LogP contribution in [0, 0.1) is 5.92 Å². The minimum absolute atomic E-state index is 0.123. The second-order valence-electron chi connectivity index (χ2n) is 5.92. The molecule has 1 aliphatic rings. The van der Waals surface area contributed by atoms with Gasteiger partial charge in [0.15, 0.2) is 0 Å². The van der Waals surface area contributed by atoms with Gasteiger partial charge >= 0.3 is 0 Å². The average Bonchev–Trinajstić information content (AvgIpc) is 3.36. The first kappa shape index (κ1) is 16.1. The first-order chi connectivity index (χ1) is 11.1. The summed E-state index contributed by atoms with van der Waals surface area (Å²) in [5, 5.41) is 0. The second-order valence-corrected chi connectivity index (χ2v) is 6.84. The van der Waals surface area contributed by atoms with E-state index < -0.39 is 0 Å². The molecule has 0 N–H and O–H groups in total. The van der Waals surface area contributed by atoms with Gasteiger partial charge in [0.05, 0.1) is 6.54 Å². The highest BCUT2D eigenvalue weighted by Gasteiger charge is 2.44. The van der Waals surface area contributed by atoms with E-state index in [0.29, 0.717) is 19.1 Å². The Morgan fingerprint density at radius 2 is 1.87 bits per heavy atom. The highest BCUT2D eigenvalue weighted by Crippen LogP contribution is 2.48. The molecule has 0 aromatic heterocycles. The minimum atomic E-state index is 0.123. The van der Waals surface area contributed by atoms with Crippen LogP contribution in [0.4, 0.5) is 0 Å². The Balaban J connectivity index is 1.46. The van der Waals surface area contributed by atoms with Crippen molar-refractivity contribution in [1.29, 1.82) is 0 Å². The SMILES string of the molecule is CN(CCOc1ccccc1)C(=O)C1CC1c1ccc(Br)cc1. The van der Waals surface area contributed by atoms with Crippen LogP contribution in [-0.4, -0.2) is 31.0 Å². The van der Waals surface area contributed by atoms with E-state index in [0.717, 1.165) is 16.6 Å². The average molecular weight is 374 g/mol. The quantitative estimate of drug-likeness (QED) is 0.762. The van der Waals surface area contributed by atoms with Gasteiger partial charge in [-0.05, 0) is 42.2 Å². The van der Waals surface area contributed by atoms with Gasteiger partial charge in [-0.2, -0.15) is 0 Å². The first-order valence-corrected chi connectivity index (χ1v) is 8.63. The zero-order valence-corrected chi connectivity index (χ0v) is 14.7. The number of ether oxygens (including phenoxy) is 1. The standard InChI is InChI=1S/C19H20BrNO2/c1-21(11-12-23-16-5-3-2-4-6-16)19(22)18-13-17(18)14-7-9-15(20)10-8-14/h2-10,17-18H,11-13H2,1H3. The number of hydrogen-bond acceptors (Lipinski definition) is 2. The maximum absolute atomic E-state index is 12.5. The Morgan fingerprint density at radius 3 is 2.57 bits per heavy atom. The molecule has 1 aliphatic carbocycles. The molecule has 0 spiro atoms. The Labute approximate surface area is 145 Å². The van der Waals surface area contributed by atoms with Crippen molar-refractivity contribution in [3.63, 3.8) is 0 Å². The Hall–Kier alpha value is -1.81. The van der Waals surface area contributed by atoms with Crippen LogP contribution < -0.4 is 4.74 Å². The topological polar surface area (TPSA) is 29.5 Å². The van der Waals surface area contributed by atoms with Crippen LogP contribution in [0.5, 0.6) is 5.75 Å². The maximum atomic E-state index is 12.5. The largest absolute Gasteiger partial charge is 0.492 e. The van der Waals surface area contributed by atoms with Crippen LogP contribution >= 0.6 is 15.9 Å². The van der Waals surface area contributed by atoms with Crippen molar-refractivity contribution >= 4 is 21.8 Å². The number of rotatable bonds is 6. The molecule has 0 aliphatic heterocycles. The van der Waals surface area contributed by atoms with Crippen molar-refractivity contribution in [2.24, 2.45) is 5.92 Å². The third-order valence-corrected chi connectivity index (χ3v) is 4.75. The normalized spacial score (nSPS) is 19.2. The minimum Gasteiger partial charge on any atom is -0.492 e. The summed E-state index contributed by atoms with van der Waals surface area (Å²) in [4.78, 5) is 14.2. The number of carbonyl (C=O) groups is 1. The van der Waals surface area contributed by atoms with Gasteiger partial charge in [-0.25, -0.2) is 0 Å². The van der Waals surface area contributed by atoms with Crippen LogP contribution in [0.3, 0.4) is 0 Å². The van der Waals surface area contributed by atoms with Gasteiger partial charge in [0.2, 0.25) is 5.91 Å². The number of amides is 1. The predicted molar refractivity (Wildman–Crippen MR) is 94.6 cm³/mol. The van der Waals surface area contributed by atoms with Gasteiger partial charge in [-0.15, -0.1) is 0 Å². The highest BCUT2D eigenvalue weighted by atomic mass is 79.9. The Bertz CT molecular complexity index is 657. The molecule has 0 radical (unpaired) electrons. The molecule has 4 heteroatoms. The lowest BCUT2D eigenvalue weighted by Gasteiger charge is -2.17. The number of carbonyl (C=O) groups excluding carboxylic acids is 1. The molecular formula is C19H20BrNO2. The van der Waals surface area contributed by atoms with Crippen LogP contribution in [0.1, 0.15) is 17.9 Å². The predicted octanol–water partition coefficient (Wildman–Crippen LogP) is 4.09. The Kier molecular flexibility index (Phi) is 5.01. The Morgan fingerprint density at radius 1 is 1.17 bits per heavy atom. The fourth-order valence-electron chi connectivity index (χ4n) is 2.76. The molecule has 2 atom stereocenters. The number of halogens is 1. The molecule has 1 fully saturated rings. The summed E-state index contributed by atoms with van der Waals surface area (Å²) in [7, 11) is 1.85. The molecule has 2 aromatic rings. The van der Waals surface area contributed by atoms with Crippen molar-refractivity contribution in [1.82, 2.24) is 4.90 Å². The summed E-state index contributed by atoms with van der Waals surface area (Å²) < 4.78 is 6.72. The van der Waals surface area contributed by atoms with Crippen molar-refractivity contribution in [2.75, 3.05) is 20.2 Å². The van der Waals surface area contributed by atoms with E-state index in [-0.39, 0.29) is 11.8 Å². The lowest BCUT2D eigenvalue weighted by Crippen LogP contribution is -2.32. The highest BCUT2D eigenvalue weighted by molar-refractivity contribution is 9.10. The molecule has 3 nitrogen and oxygen atoms in total. The molecule has 0 heterocycles. The van der Waals surface area contributed by atoms with E-state index in [9.17, 15) is 4.79 Å². The van der Waals surface area contributed by atoms with E-state index in [1.165, 1.54) is 5.56 Å². The summed E-state index contributed by atoms with van der Waals surface area (Å²) in [5.74, 6) is 1.55. The number of benzene rings is 2. The van der Waals surface area contributed by atoms with Crippen LogP contribution in [0.25, 0.3) is 0 Å². The fourth-order valence-corrected chi connectivity index (χ4v) is 3.02. The molecule has 120 valence electrons. The molecular weight excluding hydrogens is 354 g/mol. The summed E-state index contributed by atoms with van der Waals surface area (Å²) in [6.45, 7) is 1.12. The summed E-state index contributed by atoms with van der Waals surface area (Å²) in [5.41, 5.74) is 1.25. The van der Waals surface area contributed by atoms with E-state index in [1.54, 1.807) is 4.90 Å². The first-order valence-electron chi connectivity index (χ1n) is 7.83. The van der Waals surface area contributed by atoms with E-state index in [2.05, 4.69) is 28.1 Å². The van der Waals surface area contributed by atoms with Gasteiger partial charge in [-0.1, -0.05) is 46.3 Å². The van der Waals surface area contributed by atoms with Gasteiger partial charge in [0, 0.05) is 17.4 Å². The fraction of sp³-hybridized carbons (Fsp3) is 0.316. The molecule has 1 saturated carbocycles. The second kappa shape index (κ2) is 7.18. The van der Waals surface area contributed by atoms with Crippen molar-refractivity contribution < 1.29 is 9.53 Å². The van der Waals surface area contributed by atoms with Gasteiger partial charge in [0.1, 0.15) is 12.4 Å². The molecule has 23 heavy (non-hydrogen) atoms. The monoisotopic (exact) mass is 373 g/mol. The molecule has 2 aromatic carbocycles. The third kappa shape index (κ3) is 4.14. The molecule has 3 rings (SSSR count). The summed E-state index contributed by atoms with van der Waals surface area (Å²) in [6, 6.07) is 17.9. The lowest BCUT2D eigenvalue weighted by atomic mass is 10.1. The van der Waals surface area contributed by atoms with Crippen molar-refractivity contribution in [3.05, 3.63) is 64.6 Å². The van der Waals surface area contributed by atoms with Crippen LogP contribution in [-0.2, 0) is 4.79 Å². The van der Waals surface area contributed by atoms with Crippen molar-refractivity contribution in [2.45, 2.75) is 12.3 Å². The third-order valence-electron chi connectivity index (χ3n) is 4.22. The number of hydrogen-bond donors (Lipinski definition) is 0.